The van der Waals surface area contributed by atoms with Crippen LogP contribution in [0.2, 0.25) is 0 Å². The van der Waals surface area contributed by atoms with Gasteiger partial charge in [-0.1, -0.05) is 18.1 Å². The molecule has 0 N–H and O–H groups in total. The van der Waals surface area contributed by atoms with E-state index in [1.165, 1.54) is 0 Å². The van der Waals surface area contributed by atoms with Crippen molar-refractivity contribution in [2.45, 2.75) is 6.92 Å². The van der Waals surface area contributed by atoms with Crippen molar-refractivity contribution in [3.8, 4) is 0 Å². The molecule has 6 heavy (non-hydrogen) atoms. The minimum absolute atomic E-state index is 0.164. The van der Waals surface area contributed by atoms with E-state index < -0.39 is 0 Å². The molecule has 0 aromatic heterocycles. The summed E-state index contributed by atoms with van der Waals surface area (Å²) in [5.41, 5.74) is 0. The second kappa shape index (κ2) is 4.09. The average Bonchev–Trinajstić information content (AvgIpc) is 1.65. The molecule has 0 rings (SSSR count). The van der Waals surface area contributed by atoms with Crippen LogP contribution in [0.4, 0.5) is 0 Å². The Morgan fingerprint density at radius 2 is 2.33 bits per heavy atom. The van der Waals surface area contributed by atoms with Crippen LogP contribution in [0.1, 0.15) is 6.92 Å². The molecule has 0 nitrogen and oxygen atoms in total. The molecular formula is C3H8S3. The highest BCUT2D eigenvalue weighted by atomic mass is 32.8. The van der Waals surface area contributed by atoms with Crippen molar-refractivity contribution >= 4 is 33.3 Å². The predicted octanol–water partition coefficient (Wildman–Crippen LogP) is 0.974. The molecule has 0 saturated heterocycles. The van der Waals surface area contributed by atoms with Crippen LogP contribution >= 0.6 is 12.6 Å². The first-order chi connectivity index (χ1) is 2.81. The molecular weight excluding hydrogens is 132 g/mol. The van der Waals surface area contributed by atoms with Crippen molar-refractivity contribution in [2.24, 2.45) is 0 Å². The topological polar surface area (TPSA) is 0 Å². The van der Waals surface area contributed by atoms with Crippen LogP contribution < -0.4 is 0 Å². The van der Waals surface area contributed by atoms with Gasteiger partial charge in [-0.2, -0.15) is 12.6 Å². The normalized spacial score (nSPS) is 14.3. The molecule has 0 fully saturated rings. The summed E-state index contributed by atoms with van der Waals surface area (Å²) >= 11 is 8.89. The Labute approximate surface area is 51.3 Å². The molecule has 0 spiro atoms. The van der Waals surface area contributed by atoms with Crippen molar-refractivity contribution in [3.05, 3.63) is 0 Å². The first-order valence-electron chi connectivity index (χ1n) is 1.77. The second-order valence-electron chi connectivity index (χ2n) is 0.858. The summed E-state index contributed by atoms with van der Waals surface area (Å²) in [4.78, 5) is 0. The predicted molar refractivity (Wildman–Crippen MR) is 39.1 cm³/mol. The largest absolute Gasteiger partial charge is 0.168 e. The Bertz CT molecular complexity index is 44.0. The fraction of sp³-hybridized carbons (Fsp3) is 1.00. The minimum Gasteiger partial charge on any atom is -0.168 e. The van der Waals surface area contributed by atoms with Crippen molar-refractivity contribution in [1.82, 2.24) is 0 Å². The maximum Gasteiger partial charge on any atom is 0.0408 e. The van der Waals surface area contributed by atoms with Crippen LogP contribution in [0.25, 0.3) is 0 Å². The Kier molecular flexibility index (Phi) is 4.72. The number of hydrogen-bond acceptors (Lipinski definition) is 2. The molecule has 0 aromatic carbocycles. The van der Waals surface area contributed by atoms with Gasteiger partial charge in [0.25, 0.3) is 0 Å². The van der Waals surface area contributed by atoms with Gasteiger partial charge in [0.05, 0.1) is 0 Å². The Morgan fingerprint density at radius 1 is 1.83 bits per heavy atom. The van der Waals surface area contributed by atoms with Crippen LogP contribution in [0, 0.1) is 0 Å². The van der Waals surface area contributed by atoms with Gasteiger partial charge >= 0.3 is 0 Å². The Morgan fingerprint density at radius 3 is 2.33 bits per heavy atom. The fourth-order valence-electron chi connectivity index (χ4n) is 0.0913. The van der Waals surface area contributed by atoms with Gasteiger partial charge in [-0.15, -0.1) is 9.45 Å². The van der Waals surface area contributed by atoms with Crippen LogP contribution in [-0.2, 0) is 20.6 Å². The fourth-order valence-corrected chi connectivity index (χ4v) is 0.822. The van der Waals surface area contributed by atoms with E-state index in [1.54, 1.807) is 0 Å². The Balaban J connectivity index is 2.99. The van der Waals surface area contributed by atoms with Gasteiger partial charge in [-0.3, -0.25) is 0 Å². The molecule has 1 unspecified atom stereocenters. The van der Waals surface area contributed by atoms with Gasteiger partial charge in [0, 0.05) is 5.08 Å². The first-order valence-corrected chi connectivity index (χ1v) is 4.89. The molecule has 0 aromatic rings. The summed E-state index contributed by atoms with van der Waals surface area (Å²) in [5.74, 6) is 1.10. The van der Waals surface area contributed by atoms with Crippen molar-refractivity contribution in [3.63, 3.8) is 0 Å². The first kappa shape index (κ1) is 6.92. The smallest absolute Gasteiger partial charge is 0.0408 e. The highest BCUT2D eigenvalue weighted by molar-refractivity contribution is 8.32. The summed E-state index contributed by atoms with van der Waals surface area (Å²) in [5, 5.41) is 0.867. The highest BCUT2D eigenvalue weighted by Crippen LogP contribution is 1.83. The summed E-state index contributed by atoms with van der Waals surface area (Å²) in [7, 11) is 0.164. The standard InChI is InChI=1S/C3H8S3/c1-2-6(5)3-4/h4H,2-3H2,1H3. The molecule has 38 valence electrons. The van der Waals surface area contributed by atoms with E-state index in [0.717, 1.165) is 10.8 Å². The number of rotatable bonds is 2. The molecule has 0 aliphatic carbocycles. The maximum absolute atomic E-state index is 4.89. The van der Waals surface area contributed by atoms with E-state index >= 15 is 0 Å². The molecule has 0 amide bonds. The van der Waals surface area contributed by atoms with Gasteiger partial charge < -0.3 is 0 Å². The lowest BCUT2D eigenvalue weighted by Gasteiger charge is -1.88. The van der Waals surface area contributed by atoms with Crippen LogP contribution in [0.5, 0.6) is 0 Å². The quantitative estimate of drug-likeness (QED) is 0.558. The molecule has 3 heteroatoms. The lowest BCUT2D eigenvalue weighted by Crippen LogP contribution is -1.88. The zero-order chi connectivity index (χ0) is 4.99. The number of hydrogen-bond donors (Lipinski definition) is 1. The third kappa shape index (κ3) is 3.12. The second-order valence-corrected chi connectivity index (χ2v) is 4.76. The summed E-state index contributed by atoms with van der Waals surface area (Å²) in [6.45, 7) is 2.09. The zero-order valence-electron chi connectivity index (χ0n) is 3.68. The van der Waals surface area contributed by atoms with Gasteiger partial charge in [0.15, 0.2) is 0 Å². The van der Waals surface area contributed by atoms with Crippen molar-refractivity contribution in [2.75, 3.05) is 10.8 Å². The summed E-state index contributed by atoms with van der Waals surface area (Å²) in [6, 6.07) is 0. The molecule has 0 aliphatic heterocycles. The summed E-state index contributed by atoms with van der Waals surface area (Å²) in [6.07, 6.45) is 0. The summed E-state index contributed by atoms with van der Waals surface area (Å²) < 4.78 is 0. The Hall–Kier alpha value is 0.920. The van der Waals surface area contributed by atoms with Crippen molar-refractivity contribution in [1.29, 1.82) is 0 Å². The zero-order valence-corrected chi connectivity index (χ0v) is 6.21. The number of thiol groups is 1. The molecule has 1 atom stereocenters. The third-order valence-corrected chi connectivity index (χ3v) is 3.92. The van der Waals surface area contributed by atoms with Crippen LogP contribution in [0.3, 0.4) is 0 Å². The molecule has 0 radical (unpaired) electrons. The maximum atomic E-state index is 4.89. The molecule has 0 bridgehead atoms. The lowest BCUT2D eigenvalue weighted by atomic mass is 11.0. The van der Waals surface area contributed by atoms with Crippen molar-refractivity contribution < 1.29 is 0 Å². The monoisotopic (exact) mass is 140 g/mol. The molecule has 0 aliphatic rings. The van der Waals surface area contributed by atoms with Crippen LogP contribution in [0.15, 0.2) is 0 Å². The average molecular weight is 140 g/mol. The van der Waals surface area contributed by atoms with Gasteiger partial charge in [-0.05, 0) is 5.75 Å². The third-order valence-electron chi connectivity index (χ3n) is 0.466. The highest BCUT2D eigenvalue weighted by Gasteiger charge is 1.78. The van der Waals surface area contributed by atoms with Crippen LogP contribution in [-0.4, -0.2) is 10.8 Å². The van der Waals surface area contributed by atoms with E-state index in [2.05, 4.69) is 19.6 Å². The lowest BCUT2D eigenvalue weighted by molar-refractivity contribution is 1.52. The van der Waals surface area contributed by atoms with Gasteiger partial charge in [0.2, 0.25) is 0 Å². The SMILES string of the molecule is CCS(=S)CS. The molecule has 0 heterocycles. The van der Waals surface area contributed by atoms with E-state index in [4.69, 9.17) is 11.2 Å². The van der Waals surface area contributed by atoms with E-state index in [1.807, 2.05) is 0 Å². The minimum atomic E-state index is 0.164. The van der Waals surface area contributed by atoms with E-state index in [9.17, 15) is 0 Å². The van der Waals surface area contributed by atoms with Gasteiger partial charge in [0.1, 0.15) is 0 Å². The van der Waals surface area contributed by atoms with E-state index in [0.29, 0.717) is 0 Å². The van der Waals surface area contributed by atoms with Gasteiger partial charge in [-0.25, -0.2) is 0 Å². The molecule has 0 saturated carbocycles. The van der Waals surface area contributed by atoms with E-state index in [-0.39, 0.29) is 9.45 Å².